The summed E-state index contributed by atoms with van der Waals surface area (Å²) in [6.45, 7) is 5.23. The van der Waals surface area contributed by atoms with Gasteiger partial charge in [0.15, 0.2) is 0 Å². The lowest BCUT2D eigenvalue weighted by Gasteiger charge is -2.12. The minimum absolute atomic E-state index is 0.433. The summed E-state index contributed by atoms with van der Waals surface area (Å²) in [5.41, 5.74) is 0. The summed E-state index contributed by atoms with van der Waals surface area (Å²) in [5.74, 6) is 0. The number of alkyl halides is 2. The van der Waals surface area contributed by atoms with Gasteiger partial charge in [0.2, 0.25) is 0 Å². The summed E-state index contributed by atoms with van der Waals surface area (Å²) in [5, 5.41) is 3.33. The lowest BCUT2D eigenvalue weighted by atomic mass is 10.2. The molecule has 0 spiro atoms. The monoisotopic (exact) mass is 209 g/mol. The fourth-order valence-electron chi connectivity index (χ4n) is 1.16. The number of rotatable bonds is 9. The molecular weight excluding hydrogens is 188 g/mol. The summed E-state index contributed by atoms with van der Waals surface area (Å²) >= 11 is 0. The van der Waals surface area contributed by atoms with E-state index in [4.69, 9.17) is 4.74 Å². The first-order valence-electron chi connectivity index (χ1n) is 5.26. The summed E-state index contributed by atoms with van der Waals surface area (Å²) in [6, 6.07) is 0.449. The highest BCUT2D eigenvalue weighted by molar-refractivity contribution is 4.59. The van der Waals surface area contributed by atoms with Crippen molar-refractivity contribution < 1.29 is 13.5 Å². The fraction of sp³-hybridized carbons (Fsp3) is 1.00. The lowest BCUT2D eigenvalue weighted by Crippen LogP contribution is -2.26. The van der Waals surface area contributed by atoms with E-state index in [0.717, 1.165) is 25.8 Å². The Kier molecular flexibility index (Phi) is 9.19. The Bertz CT molecular complexity index is 123. The highest BCUT2D eigenvalue weighted by Gasteiger charge is 2.03. The van der Waals surface area contributed by atoms with Crippen LogP contribution < -0.4 is 5.32 Å². The molecule has 0 aromatic carbocycles. The zero-order chi connectivity index (χ0) is 10.8. The molecule has 0 rings (SSSR count). The van der Waals surface area contributed by atoms with Gasteiger partial charge in [-0.2, -0.15) is 0 Å². The fourth-order valence-corrected chi connectivity index (χ4v) is 1.16. The lowest BCUT2D eigenvalue weighted by molar-refractivity contribution is 0.0158. The van der Waals surface area contributed by atoms with Crippen molar-refractivity contribution in [2.45, 2.75) is 45.6 Å². The summed E-state index contributed by atoms with van der Waals surface area (Å²) in [7, 11) is 0. The Morgan fingerprint density at radius 3 is 2.64 bits per heavy atom. The van der Waals surface area contributed by atoms with Crippen LogP contribution in [0.4, 0.5) is 8.78 Å². The third kappa shape index (κ3) is 9.86. The molecule has 0 aliphatic heterocycles. The average molecular weight is 209 g/mol. The van der Waals surface area contributed by atoms with Gasteiger partial charge >= 0.3 is 0 Å². The summed E-state index contributed by atoms with van der Waals surface area (Å²) < 4.78 is 28.1. The molecule has 0 saturated carbocycles. The normalized spacial score (nSPS) is 13.5. The largest absolute Gasteiger partial charge is 0.376 e. The van der Waals surface area contributed by atoms with Crippen LogP contribution in [0, 0.1) is 0 Å². The molecule has 0 aromatic heterocycles. The number of hydrogen-bond acceptors (Lipinski definition) is 2. The Morgan fingerprint density at radius 2 is 2.07 bits per heavy atom. The molecule has 1 unspecified atom stereocenters. The smallest absolute Gasteiger partial charge is 0.261 e. The zero-order valence-corrected chi connectivity index (χ0v) is 9.06. The minimum atomic E-state index is -2.34. The molecule has 1 N–H and O–H groups in total. The molecule has 0 heterocycles. The first kappa shape index (κ1) is 13.8. The molecule has 0 amide bonds. The molecule has 0 fully saturated rings. The maximum Gasteiger partial charge on any atom is 0.261 e. The van der Waals surface area contributed by atoms with Crippen LogP contribution >= 0.6 is 0 Å². The molecule has 0 aliphatic rings. The van der Waals surface area contributed by atoms with Crippen LogP contribution in [0.2, 0.25) is 0 Å². The molecule has 4 heteroatoms. The molecule has 0 saturated heterocycles. The summed E-state index contributed by atoms with van der Waals surface area (Å²) in [4.78, 5) is 0. The van der Waals surface area contributed by atoms with E-state index in [2.05, 4.69) is 19.2 Å². The van der Waals surface area contributed by atoms with Gasteiger partial charge in [-0.1, -0.05) is 6.92 Å². The Balaban J connectivity index is 3.10. The van der Waals surface area contributed by atoms with Crippen molar-refractivity contribution >= 4 is 0 Å². The quantitative estimate of drug-likeness (QED) is 0.589. The van der Waals surface area contributed by atoms with E-state index in [1.54, 1.807) is 0 Å². The summed E-state index contributed by atoms with van der Waals surface area (Å²) in [6.07, 6.45) is 0.589. The van der Waals surface area contributed by atoms with Crippen LogP contribution in [0.5, 0.6) is 0 Å². The average Bonchev–Trinajstić information content (AvgIpc) is 2.13. The molecule has 2 nitrogen and oxygen atoms in total. The van der Waals surface area contributed by atoms with Crippen LogP contribution in [0.3, 0.4) is 0 Å². The van der Waals surface area contributed by atoms with Gasteiger partial charge < -0.3 is 10.1 Å². The van der Waals surface area contributed by atoms with Crippen LogP contribution in [0.1, 0.15) is 33.1 Å². The highest BCUT2D eigenvalue weighted by atomic mass is 19.3. The predicted molar refractivity (Wildman–Crippen MR) is 53.8 cm³/mol. The molecule has 86 valence electrons. The maximum absolute atomic E-state index is 11.6. The van der Waals surface area contributed by atoms with Crippen molar-refractivity contribution in [3.8, 4) is 0 Å². The van der Waals surface area contributed by atoms with E-state index in [1.165, 1.54) is 0 Å². The van der Waals surface area contributed by atoms with Crippen molar-refractivity contribution in [1.82, 2.24) is 5.32 Å². The first-order chi connectivity index (χ1) is 6.66. The van der Waals surface area contributed by atoms with Crippen molar-refractivity contribution in [3.63, 3.8) is 0 Å². The molecule has 0 bridgehead atoms. The Hall–Kier alpha value is -0.220. The van der Waals surface area contributed by atoms with Gasteiger partial charge in [-0.05, 0) is 32.7 Å². The first-order valence-corrected chi connectivity index (χ1v) is 5.26. The standard InChI is InChI=1S/C10H21F2NO/c1-3-6-13-9(2)5-4-7-14-8-10(11)12/h9-10,13H,3-8H2,1-2H3. The van der Waals surface area contributed by atoms with E-state index >= 15 is 0 Å². The molecule has 1 atom stereocenters. The SMILES string of the molecule is CCCNC(C)CCCOCC(F)F. The van der Waals surface area contributed by atoms with Crippen LogP contribution in [-0.4, -0.2) is 32.2 Å². The van der Waals surface area contributed by atoms with Crippen molar-refractivity contribution in [2.24, 2.45) is 0 Å². The molecular formula is C10H21F2NO. The van der Waals surface area contributed by atoms with Gasteiger partial charge in [0, 0.05) is 12.6 Å². The Morgan fingerprint density at radius 1 is 1.36 bits per heavy atom. The van der Waals surface area contributed by atoms with E-state index in [1.807, 2.05) is 0 Å². The number of hydrogen-bond donors (Lipinski definition) is 1. The number of halogens is 2. The minimum Gasteiger partial charge on any atom is -0.376 e. The van der Waals surface area contributed by atoms with Gasteiger partial charge in [0.1, 0.15) is 6.61 Å². The number of nitrogens with one attached hydrogen (secondary N) is 1. The second-order valence-electron chi connectivity index (χ2n) is 3.46. The zero-order valence-electron chi connectivity index (χ0n) is 9.06. The van der Waals surface area contributed by atoms with E-state index < -0.39 is 13.0 Å². The molecule has 0 radical (unpaired) electrons. The molecule has 14 heavy (non-hydrogen) atoms. The third-order valence-electron chi connectivity index (χ3n) is 1.91. The van der Waals surface area contributed by atoms with Gasteiger partial charge in [-0.25, -0.2) is 8.78 Å². The van der Waals surface area contributed by atoms with E-state index in [0.29, 0.717) is 12.6 Å². The van der Waals surface area contributed by atoms with Crippen molar-refractivity contribution in [1.29, 1.82) is 0 Å². The topological polar surface area (TPSA) is 21.3 Å². The van der Waals surface area contributed by atoms with E-state index in [-0.39, 0.29) is 0 Å². The van der Waals surface area contributed by atoms with Crippen LogP contribution in [0.25, 0.3) is 0 Å². The molecule has 0 aromatic rings. The Labute approximate surface area is 85.0 Å². The highest BCUT2D eigenvalue weighted by Crippen LogP contribution is 1.99. The van der Waals surface area contributed by atoms with Gasteiger partial charge in [0.05, 0.1) is 0 Å². The number of ether oxygens (including phenoxy) is 1. The molecule has 0 aliphatic carbocycles. The van der Waals surface area contributed by atoms with Crippen LogP contribution in [-0.2, 0) is 4.74 Å². The van der Waals surface area contributed by atoms with Crippen molar-refractivity contribution in [3.05, 3.63) is 0 Å². The van der Waals surface area contributed by atoms with Gasteiger partial charge in [0.25, 0.3) is 6.43 Å². The second-order valence-corrected chi connectivity index (χ2v) is 3.46. The maximum atomic E-state index is 11.6. The van der Waals surface area contributed by atoms with Gasteiger partial charge in [-0.3, -0.25) is 0 Å². The third-order valence-corrected chi connectivity index (χ3v) is 1.91. The van der Waals surface area contributed by atoms with Gasteiger partial charge in [-0.15, -0.1) is 0 Å². The second kappa shape index (κ2) is 9.34. The van der Waals surface area contributed by atoms with Crippen molar-refractivity contribution in [2.75, 3.05) is 19.8 Å². The van der Waals surface area contributed by atoms with Crippen LogP contribution in [0.15, 0.2) is 0 Å². The van der Waals surface area contributed by atoms with E-state index in [9.17, 15) is 8.78 Å². The predicted octanol–water partition coefficient (Wildman–Crippen LogP) is 2.44.